The summed E-state index contributed by atoms with van der Waals surface area (Å²) in [5.41, 5.74) is -0.0744. The van der Waals surface area contributed by atoms with E-state index in [4.69, 9.17) is 14.6 Å². The van der Waals surface area contributed by atoms with Crippen LogP contribution in [0.4, 0.5) is 0 Å². The molecule has 1 aliphatic carbocycles. The number of nitrogens with one attached hydrogen (secondary N) is 1. The lowest BCUT2D eigenvalue weighted by Gasteiger charge is -2.44. The van der Waals surface area contributed by atoms with E-state index >= 15 is 0 Å². The predicted octanol–water partition coefficient (Wildman–Crippen LogP) is 0.787. The molecule has 0 saturated heterocycles. The molecule has 0 spiro atoms. The minimum atomic E-state index is -0.0744. The van der Waals surface area contributed by atoms with E-state index in [1.807, 2.05) is 20.8 Å². The molecule has 0 aromatic rings. The summed E-state index contributed by atoms with van der Waals surface area (Å²) in [7, 11) is 1.72. The van der Waals surface area contributed by atoms with Gasteiger partial charge in [0, 0.05) is 38.3 Å². The average Bonchev–Trinajstić information content (AvgIpc) is 2.23. The first-order chi connectivity index (χ1) is 7.54. The molecule has 0 heterocycles. The third-order valence-electron chi connectivity index (χ3n) is 3.17. The molecule has 2 N–H and O–H groups in total. The number of methoxy groups -OCH3 is 1. The van der Waals surface area contributed by atoms with Crippen LogP contribution in [-0.2, 0) is 9.47 Å². The van der Waals surface area contributed by atoms with Crippen LogP contribution in [0.1, 0.15) is 27.2 Å². The second-order valence-corrected chi connectivity index (χ2v) is 5.24. The number of hydrogen-bond acceptors (Lipinski definition) is 4. The van der Waals surface area contributed by atoms with Crippen molar-refractivity contribution in [1.29, 1.82) is 0 Å². The molecule has 0 aliphatic heterocycles. The molecule has 0 aromatic carbocycles. The summed E-state index contributed by atoms with van der Waals surface area (Å²) < 4.78 is 11.0. The minimum Gasteiger partial charge on any atom is -0.396 e. The third-order valence-corrected chi connectivity index (χ3v) is 3.17. The summed E-state index contributed by atoms with van der Waals surface area (Å²) in [5.74, 6) is 0. The van der Waals surface area contributed by atoms with E-state index in [1.165, 1.54) is 0 Å². The zero-order chi connectivity index (χ0) is 12.2. The molecule has 1 fully saturated rings. The molecule has 3 unspecified atom stereocenters. The van der Waals surface area contributed by atoms with Crippen molar-refractivity contribution in [2.75, 3.05) is 26.9 Å². The van der Waals surface area contributed by atoms with Gasteiger partial charge in [0.1, 0.15) is 0 Å². The molecule has 0 amide bonds. The molecule has 0 aromatic heterocycles. The Balaban J connectivity index is 2.29. The van der Waals surface area contributed by atoms with Crippen LogP contribution in [0.15, 0.2) is 0 Å². The van der Waals surface area contributed by atoms with Crippen LogP contribution >= 0.6 is 0 Å². The minimum absolute atomic E-state index is 0.0744. The van der Waals surface area contributed by atoms with Gasteiger partial charge in [0.25, 0.3) is 0 Å². The Bertz CT molecular complexity index is 208. The zero-order valence-electron chi connectivity index (χ0n) is 10.8. The Morgan fingerprint density at radius 1 is 1.44 bits per heavy atom. The summed E-state index contributed by atoms with van der Waals surface area (Å²) in [5, 5.41) is 12.6. The molecular formula is C12H25NO3. The number of aliphatic hydroxyl groups is 1. The van der Waals surface area contributed by atoms with E-state index in [9.17, 15) is 0 Å². The van der Waals surface area contributed by atoms with Gasteiger partial charge in [-0.15, -0.1) is 0 Å². The maximum Gasteiger partial charge on any atom is 0.0986 e. The summed E-state index contributed by atoms with van der Waals surface area (Å²) in [6.07, 6.45) is 1.37. The summed E-state index contributed by atoms with van der Waals surface area (Å²) in [6, 6.07) is 0.354. The van der Waals surface area contributed by atoms with E-state index in [-0.39, 0.29) is 24.2 Å². The smallest absolute Gasteiger partial charge is 0.0986 e. The van der Waals surface area contributed by atoms with Crippen LogP contribution in [0.3, 0.4) is 0 Å². The van der Waals surface area contributed by atoms with Crippen molar-refractivity contribution in [2.45, 2.75) is 45.4 Å². The highest BCUT2D eigenvalue weighted by Crippen LogP contribution is 2.27. The molecule has 4 nitrogen and oxygen atoms in total. The highest BCUT2D eigenvalue weighted by atomic mass is 16.5. The lowest BCUT2D eigenvalue weighted by atomic mass is 9.84. The first-order valence-corrected chi connectivity index (χ1v) is 6.02. The number of aliphatic hydroxyl groups excluding tert-OH is 1. The molecule has 3 atom stereocenters. The Morgan fingerprint density at radius 3 is 2.62 bits per heavy atom. The van der Waals surface area contributed by atoms with Crippen molar-refractivity contribution in [3.8, 4) is 0 Å². The van der Waals surface area contributed by atoms with Gasteiger partial charge in [-0.25, -0.2) is 0 Å². The lowest BCUT2D eigenvalue weighted by molar-refractivity contribution is -0.132. The maximum absolute atomic E-state index is 9.16. The SMILES string of the molecule is CCOC1CC(NCC(C)(C)CO)C1OC. The maximum atomic E-state index is 9.16. The lowest BCUT2D eigenvalue weighted by Crippen LogP contribution is -2.61. The fourth-order valence-corrected chi connectivity index (χ4v) is 1.94. The predicted molar refractivity (Wildman–Crippen MR) is 63.5 cm³/mol. The molecule has 4 heteroatoms. The highest BCUT2D eigenvalue weighted by molar-refractivity contribution is 4.97. The van der Waals surface area contributed by atoms with Gasteiger partial charge < -0.3 is 19.9 Å². The number of ether oxygens (including phenoxy) is 2. The van der Waals surface area contributed by atoms with Gasteiger partial charge in [-0.1, -0.05) is 13.8 Å². The molecule has 1 rings (SSSR count). The summed E-state index contributed by atoms with van der Waals surface area (Å²) in [6.45, 7) is 7.81. The largest absolute Gasteiger partial charge is 0.396 e. The van der Waals surface area contributed by atoms with Gasteiger partial charge >= 0.3 is 0 Å². The summed E-state index contributed by atoms with van der Waals surface area (Å²) in [4.78, 5) is 0. The normalized spacial score (nSPS) is 30.2. The van der Waals surface area contributed by atoms with Gasteiger partial charge in [-0.3, -0.25) is 0 Å². The second-order valence-electron chi connectivity index (χ2n) is 5.24. The third kappa shape index (κ3) is 3.42. The van der Waals surface area contributed by atoms with Gasteiger partial charge in [-0.05, 0) is 13.3 Å². The first kappa shape index (κ1) is 13.9. The summed E-state index contributed by atoms with van der Waals surface area (Å²) >= 11 is 0. The fraction of sp³-hybridized carbons (Fsp3) is 1.00. The molecule has 0 radical (unpaired) electrons. The number of hydrogen-bond donors (Lipinski definition) is 2. The van der Waals surface area contributed by atoms with Crippen LogP contribution in [0.2, 0.25) is 0 Å². The van der Waals surface area contributed by atoms with E-state index < -0.39 is 0 Å². The van der Waals surface area contributed by atoms with Crippen LogP contribution in [0.5, 0.6) is 0 Å². The van der Waals surface area contributed by atoms with E-state index in [0.29, 0.717) is 6.04 Å². The van der Waals surface area contributed by atoms with Crippen molar-refractivity contribution < 1.29 is 14.6 Å². The Hall–Kier alpha value is -0.160. The van der Waals surface area contributed by atoms with Gasteiger partial charge in [0.15, 0.2) is 0 Å². The van der Waals surface area contributed by atoms with Crippen molar-refractivity contribution in [1.82, 2.24) is 5.32 Å². The topological polar surface area (TPSA) is 50.7 Å². The Kier molecular flexibility index (Phi) is 5.18. The zero-order valence-corrected chi connectivity index (χ0v) is 10.8. The van der Waals surface area contributed by atoms with Crippen LogP contribution in [0.25, 0.3) is 0 Å². The van der Waals surface area contributed by atoms with Crippen molar-refractivity contribution >= 4 is 0 Å². The first-order valence-electron chi connectivity index (χ1n) is 6.02. The quantitative estimate of drug-likeness (QED) is 0.680. The van der Waals surface area contributed by atoms with E-state index in [2.05, 4.69) is 5.32 Å². The van der Waals surface area contributed by atoms with Crippen LogP contribution in [0, 0.1) is 5.41 Å². The molecular weight excluding hydrogens is 206 g/mol. The van der Waals surface area contributed by atoms with Gasteiger partial charge in [0.2, 0.25) is 0 Å². The van der Waals surface area contributed by atoms with Gasteiger partial charge in [-0.2, -0.15) is 0 Å². The monoisotopic (exact) mass is 231 g/mol. The molecule has 96 valence electrons. The van der Waals surface area contributed by atoms with E-state index in [1.54, 1.807) is 7.11 Å². The van der Waals surface area contributed by atoms with E-state index in [0.717, 1.165) is 19.6 Å². The standard InChI is InChI=1S/C12H25NO3/c1-5-16-10-6-9(11(10)15-4)13-7-12(2,3)8-14/h9-11,13-14H,5-8H2,1-4H3. The van der Waals surface area contributed by atoms with Crippen LogP contribution in [-0.4, -0.2) is 50.2 Å². The molecule has 1 saturated carbocycles. The van der Waals surface area contributed by atoms with Crippen molar-refractivity contribution in [3.63, 3.8) is 0 Å². The highest BCUT2D eigenvalue weighted by Gasteiger charge is 2.42. The fourth-order valence-electron chi connectivity index (χ4n) is 1.94. The Morgan fingerprint density at radius 2 is 2.12 bits per heavy atom. The second kappa shape index (κ2) is 5.96. The molecule has 0 bridgehead atoms. The van der Waals surface area contributed by atoms with Crippen molar-refractivity contribution in [2.24, 2.45) is 5.41 Å². The Labute approximate surface area is 98.3 Å². The average molecular weight is 231 g/mol. The molecule has 1 aliphatic rings. The number of rotatable bonds is 7. The van der Waals surface area contributed by atoms with Crippen molar-refractivity contribution in [3.05, 3.63) is 0 Å². The van der Waals surface area contributed by atoms with Gasteiger partial charge in [0.05, 0.1) is 12.2 Å². The van der Waals surface area contributed by atoms with Crippen LogP contribution < -0.4 is 5.32 Å². The molecule has 16 heavy (non-hydrogen) atoms.